The van der Waals surface area contributed by atoms with E-state index in [1.54, 1.807) is 0 Å². The smallest absolute Gasteiger partial charge is 0.00375 e. The Kier molecular flexibility index (Phi) is 2.38. The third-order valence-corrected chi connectivity index (χ3v) is 4.16. The van der Waals surface area contributed by atoms with Gasteiger partial charge in [0.15, 0.2) is 0 Å². The average molecular weight is 203 g/mol. The molecule has 0 aromatic heterocycles. The van der Waals surface area contributed by atoms with Crippen LogP contribution in [0, 0.1) is 25.2 Å². The van der Waals surface area contributed by atoms with Crippen molar-refractivity contribution in [2.45, 2.75) is 33.6 Å². The van der Waals surface area contributed by atoms with E-state index in [1.807, 2.05) is 0 Å². The van der Waals surface area contributed by atoms with Gasteiger partial charge in [-0.05, 0) is 54.3 Å². The largest absolute Gasteiger partial charge is 0.330 e. The molecule has 0 aliphatic heterocycles. The lowest BCUT2D eigenvalue weighted by molar-refractivity contribution is 0.558. The van der Waals surface area contributed by atoms with Crippen molar-refractivity contribution in [1.82, 2.24) is 0 Å². The molecule has 0 amide bonds. The average Bonchev–Trinajstić information content (AvgIpc) is 2.68. The summed E-state index contributed by atoms with van der Waals surface area (Å²) in [4.78, 5) is 0. The molecule has 0 bridgehead atoms. The maximum Gasteiger partial charge on any atom is -0.00375 e. The lowest BCUT2D eigenvalue weighted by Gasteiger charge is -2.10. The zero-order valence-corrected chi connectivity index (χ0v) is 10.2. The van der Waals surface area contributed by atoms with Gasteiger partial charge in [-0.15, -0.1) is 0 Å². The molecule has 1 aliphatic rings. The Morgan fingerprint density at radius 2 is 1.73 bits per heavy atom. The van der Waals surface area contributed by atoms with Crippen LogP contribution in [0.15, 0.2) is 18.2 Å². The van der Waals surface area contributed by atoms with E-state index < -0.39 is 0 Å². The second-order valence-electron chi connectivity index (χ2n) is 5.45. The molecule has 1 aliphatic carbocycles. The Hall–Kier alpha value is -0.820. The minimum absolute atomic E-state index is 0.394. The topological polar surface area (TPSA) is 26.0 Å². The first-order chi connectivity index (χ1) is 7.00. The van der Waals surface area contributed by atoms with Crippen LogP contribution in [0.1, 0.15) is 36.5 Å². The highest BCUT2D eigenvalue weighted by Crippen LogP contribution is 2.64. The van der Waals surface area contributed by atoms with Gasteiger partial charge in [0.1, 0.15) is 0 Å². The fourth-order valence-electron chi connectivity index (χ4n) is 3.08. The number of rotatable bonds is 2. The van der Waals surface area contributed by atoms with E-state index in [0.29, 0.717) is 17.3 Å². The molecule has 1 fully saturated rings. The van der Waals surface area contributed by atoms with E-state index in [1.165, 1.54) is 16.7 Å². The predicted octanol–water partition coefficient (Wildman–Crippen LogP) is 3.00. The summed E-state index contributed by atoms with van der Waals surface area (Å²) in [5.74, 6) is 1.33. The van der Waals surface area contributed by atoms with Gasteiger partial charge in [0.05, 0.1) is 0 Å². The molecular formula is C14H21N. The van der Waals surface area contributed by atoms with Crippen LogP contribution in [0.25, 0.3) is 0 Å². The summed E-state index contributed by atoms with van der Waals surface area (Å²) < 4.78 is 0. The summed E-state index contributed by atoms with van der Waals surface area (Å²) in [5.41, 5.74) is 10.6. The van der Waals surface area contributed by atoms with Gasteiger partial charge in [0.2, 0.25) is 0 Å². The van der Waals surface area contributed by atoms with Crippen molar-refractivity contribution in [3.05, 3.63) is 34.9 Å². The van der Waals surface area contributed by atoms with E-state index in [-0.39, 0.29) is 0 Å². The normalized spacial score (nSPS) is 27.8. The minimum Gasteiger partial charge on any atom is -0.330 e. The van der Waals surface area contributed by atoms with Gasteiger partial charge in [0.25, 0.3) is 0 Å². The Balaban J connectivity index is 2.41. The molecule has 0 radical (unpaired) electrons. The van der Waals surface area contributed by atoms with Gasteiger partial charge >= 0.3 is 0 Å². The molecule has 1 saturated carbocycles. The Labute approximate surface area is 92.7 Å². The number of nitrogens with two attached hydrogens (primary N) is 1. The highest BCUT2D eigenvalue weighted by molar-refractivity contribution is 5.43. The molecule has 0 spiro atoms. The standard InChI is InChI=1S/C14H21N/c1-9-6-5-7-10(2)12(9)13-11(8-15)14(13,3)4/h5-7,11,13H,8,15H2,1-4H3/t11-,13+/m1/s1. The Bertz CT molecular complexity index is 359. The van der Waals surface area contributed by atoms with Crippen LogP contribution in [0.2, 0.25) is 0 Å². The first-order valence-corrected chi connectivity index (χ1v) is 5.76. The maximum absolute atomic E-state index is 5.84. The third-order valence-electron chi connectivity index (χ3n) is 4.16. The molecular weight excluding hydrogens is 182 g/mol. The van der Waals surface area contributed by atoms with Gasteiger partial charge in [-0.1, -0.05) is 32.0 Å². The Morgan fingerprint density at radius 1 is 1.20 bits per heavy atom. The van der Waals surface area contributed by atoms with Crippen molar-refractivity contribution >= 4 is 0 Å². The van der Waals surface area contributed by atoms with E-state index in [2.05, 4.69) is 45.9 Å². The van der Waals surface area contributed by atoms with E-state index in [0.717, 1.165) is 6.54 Å². The molecule has 1 aromatic carbocycles. The van der Waals surface area contributed by atoms with Crippen LogP contribution in [-0.2, 0) is 0 Å². The fraction of sp³-hybridized carbons (Fsp3) is 0.571. The van der Waals surface area contributed by atoms with E-state index in [9.17, 15) is 0 Å². The molecule has 1 aromatic rings. The summed E-state index contributed by atoms with van der Waals surface area (Å²) in [7, 11) is 0. The van der Waals surface area contributed by atoms with E-state index in [4.69, 9.17) is 5.73 Å². The van der Waals surface area contributed by atoms with Gasteiger partial charge in [-0.2, -0.15) is 0 Å². The second kappa shape index (κ2) is 3.34. The van der Waals surface area contributed by atoms with Gasteiger partial charge < -0.3 is 5.73 Å². The van der Waals surface area contributed by atoms with Crippen molar-refractivity contribution in [2.75, 3.05) is 6.54 Å². The first kappa shape index (κ1) is 10.7. The molecule has 2 atom stereocenters. The van der Waals surface area contributed by atoms with Crippen LogP contribution < -0.4 is 5.73 Å². The fourth-order valence-corrected chi connectivity index (χ4v) is 3.08. The summed E-state index contributed by atoms with van der Waals surface area (Å²) in [5, 5.41) is 0. The summed E-state index contributed by atoms with van der Waals surface area (Å²) in [6, 6.07) is 6.57. The Morgan fingerprint density at radius 3 is 2.13 bits per heavy atom. The number of aryl methyl sites for hydroxylation is 2. The lowest BCUT2D eigenvalue weighted by Crippen LogP contribution is -2.05. The van der Waals surface area contributed by atoms with Crippen molar-refractivity contribution in [3.8, 4) is 0 Å². The predicted molar refractivity (Wildman–Crippen MR) is 65.0 cm³/mol. The maximum atomic E-state index is 5.84. The summed E-state index contributed by atoms with van der Waals surface area (Å²) in [6.07, 6.45) is 0. The van der Waals surface area contributed by atoms with Crippen molar-refractivity contribution in [3.63, 3.8) is 0 Å². The van der Waals surface area contributed by atoms with Crippen molar-refractivity contribution in [1.29, 1.82) is 0 Å². The van der Waals surface area contributed by atoms with Crippen LogP contribution in [0.4, 0.5) is 0 Å². The number of benzene rings is 1. The monoisotopic (exact) mass is 203 g/mol. The summed E-state index contributed by atoms with van der Waals surface area (Å²) >= 11 is 0. The number of hydrogen-bond donors (Lipinski definition) is 1. The summed E-state index contributed by atoms with van der Waals surface area (Å²) in [6.45, 7) is 9.90. The third kappa shape index (κ3) is 1.50. The first-order valence-electron chi connectivity index (χ1n) is 5.76. The van der Waals surface area contributed by atoms with E-state index >= 15 is 0 Å². The minimum atomic E-state index is 0.394. The van der Waals surface area contributed by atoms with Crippen LogP contribution in [-0.4, -0.2) is 6.54 Å². The van der Waals surface area contributed by atoms with Gasteiger partial charge in [-0.3, -0.25) is 0 Å². The molecule has 0 heterocycles. The molecule has 1 heteroatoms. The molecule has 82 valence electrons. The number of hydrogen-bond acceptors (Lipinski definition) is 1. The molecule has 0 saturated heterocycles. The molecule has 2 N–H and O–H groups in total. The van der Waals surface area contributed by atoms with Crippen LogP contribution in [0.3, 0.4) is 0 Å². The highest BCUT2D eigenvalue weighted by atomic mass is 14.7. The zero-order chi connectivity index (χ0) is 11.2. The van der Waals surface area contributed by atoms with Gasteiger partial charge in [0, 0.05) is 0 Å². The molecule has 1 nitrogen and oxygen atoms in total. The highest BCUT2D eigenvalue weighted by Gasteiger charge is 2.57. The zero-order valence-electron chi connectivity index (χ0n) is 10.2. The quantitative estimate of drug-likeness (QED) is 0.785. The van der Waals surface area contributed by atoms with Crippen molar-refractivity contribution in [2.24, 2.45) is 17.1 Å². The van der Waals surface area contributed by atoms with Gasteiger partial charge in [-0.25, -0.2) is 0 Å². The molecule has 2 rings (SSSR count). The molecule has 15 heavy (non-hydrogen) atoms. The van der Waals surface area contributed by atoms with Crippen LogP contribution >= 0.6 is 0 Å². The van der Waals surface area contributed by atoms with Crippen molar-refractivity contribution < 1.29 is 0 Å². The second-order valence-corrected chi connectivity index (χ2v) is 5.45. The SMILES string of the molecule is Cc1cccc(C)c1[C@@H]1[C@@H](CN)C1(C)C. The van der Waals surface area contributed by atoms with Crippen LogP contribution in [0.5, 0.6) is 0 Å². The lowest BCUT2D eigenvalue weighted by atomic mass is 9.94. The molecule has 0 unspecified atom stereocenters.